The van der Waals surface area contributed by atoms with Gasteiger partial charge in [-0.15, -0.1) is 0 Å². The van der Waals surface area contributed by atoms with Crippen molar-refractivity contribution >= 4 is 11.7 Å². The van der Waals surface area contributed by atoms with Gasteiger partial charge in [0, 0.05) is 0 Å². The largest absolute Gasteiger partial charge is 0.445 e. The molecular formula is C23H24FNO3. The first-order chi connectivity index (χ1) is 13.5. The minimum absolute atomic E-state index is 0.0762. The Labute approximate surface area is 164 Å². The molecule has 146 valence electrons. The average molecular weight is 381 g/mol. The molecule has 1 fully saturated rings. The van der Waals surface area contributed by atoms with Crippen LogP contribution in [-0.2, 0) is 16.1 Å². The summed E-state index contributed by atoms with van der Waals surface area (Å²) in [7, 11) is 0. The highest BCUT2D eigenvalue weighted by Crippen LogP contribution is 2.34. The number of nitrogens with zero attached hydrogens (tertiary/aromatic N) is 1. The summed E-state index contributed by atoms with van der Waals surface area (Å²) in [6.45, 7) is 4.75. The summed E-state index contributed by atoms with van der Waals surface area (Å²) in [5.74, 6) is -0.158. The van der Waals surface area contributed by atoms with Crippen LogP contribution in [0.4, 0.5) is 9.18 Å². The first-order valence-corrected chi connectivity index (χ1v) is 9.57. The van der Waals surface area contributed by atoms with Gasteiger partial charge >= 0.3 is 6.09 Å². The first kappa shape index (κ1) is 18.7. The molecule has 0 aliphatic carbocycles. The molecule has 0 spiro atoms. The molecule has 0 radical (unpaired) electrons. The van der Waals surface area contributed by atoms with E-state index in [4.69, 9.17) is 9.47 Å². The van der Waals surface area contributed by atoms with Crippen molar-refractivity contribution in [3.05, 3.63) is 76.6 Å². The van der Waals surface area contributed by atoms with Crippen molar-refractivity contribution in [2.24, 2.45) is 0 Å². The Balaban J connectivity index is 1.53. The Bertz CT molecular complexity index is 886. The van der Waals surface area contributed by atoms with Gasteiger partial charge in [-0.2, -0.15) is 0 Å². The standard InChI is InChI=1S/C23H24FNO3/c1-15-8-18(9-16(2)22(15)24)19-10-20-13-27-14-21(11-19)25(20)23(26)28-12-17-6-4-3-5-7-17/h3-10,20-21H,11-14H2,1-2H3. The molecule has 4 nitrogen and oxygen atoms in total. The molecule has 0 aromatic heterocycles. The molecule has 2 heterocycles. The van der Waals surface area contributed by atoms with Gasteiger partial charge in [0.1, 0.15) is 12.4 Å². The van der Waals surface area contributed by atoms with Gasteiger partial charge in [0.2, 0.25) is 0 Å². The van der Waals surface area contributed by atoms with Gasteiger partial charge in [0.25, 0.3) is 0 Å². The predicted octanol–water partition coefficient (Wildman–Crippen LogP) is 4.64. The second-order valence-electron chi connectivity index (χ2n) is 7.53. The molecule has 1 amide bonds. The van der Waals surface area contributed by atoms with Crippen LogP contribution in [-0.4, -0.2) is 36.3 Å². The maximum absolute atomic E-state index is 14.0. The third-order valence-corrected chi connectivity index (χ3v) is 5.42. The second-order valence-corrected chi connectivity index (χ2v) is 7.53. The zero-order valence-corrected chi connectivity index (χ0v) is 16.2. The molecule has 28 heavy (non-hydrogen) atoms. The number of ether oxygens (including phenoxy) is 2. The van der Waals surface area contributed by atoms with Crippen LogP contribution in [0.2, 0.25) is 0 Å². The number of aryl methyl sites for hydroxylation is 2. The Morgan fingerprint density at radius 2 is 1.89 bits per heavy atom. The lowest BCUT2D eigenvalue weighted by Gasteiger charge is -2.43. The molecule has 2 aliphatic heterocycles. The maximum Gasteiger partial charge on any atom is 0.411 e. The smallest absolute Gasteiger partial charge is 0.411 e. The molecule has 4 rings (SSSR count). The molecule has 2 bridgehead atoms. The number of rotatable bonds is 3. The van der Waals surface area contributed by atoms with Crippen LogP contribution < -0.4 is 0 Å². The lowest BCUT2D eigenvalue weighted by Crippen LogP contribution is -2.56. The molecule has 5 heteroatoms. The minimum Gasteiger partial charge on any atom is -0.445 e. The van der Waals surface area contributed by atoms with Crippen molar-refractivity contribution in [2.45, 2.75) is 39.0 Å². The molecule has 2 unspecified atom stereocenters. The van der Waals surface area contributed by atoms with E-state index in [-0.39, 0.29) is 30.6 Å². The van der Waals surface area contributed by atoms with Crippen LogP contribution in [0.1, 0.15) is 28.7 Å². The van der Waals surface area contributed by atoms with E-state index in [1.807, 2.05) is 42.5 Å². The molecule has 2 atom stereocenters. The highest BCUT2D eigenvalue weighted by Gasteiger charge is 2.39. The molecule has 2 aromatic carbocycles. The lowest BCUT2D eigenvalue weighted by atomic mass is 9.88. The highest BCUT2D eigenvalue weighted by atomic mass is 19.1. The van der Waals surface area contributed by atoms with E-state index >= 15 is 0 Å². The monoisotopic (exact) mass is 381 g/mol. The summed E-state index contributed by atoms with van der Waals surface area (Å²) in [5.41, 5.74) is 4.40. The van der Waals surface area contributed by atoms with Crippen molar-refractivity contribution < 1.29 is 18.7 Å². The zero-order valence-electron chi connectivity index (χ0n) is 16.2. The Morgan fingerprint density at radius 1 is 1.18 bits per heavy atom. The Kier molecular flexibility index (Phi) is 5.18. The lowest BCUT2D eigenvalue weighted by molar-refractivity contribution is -0.0342. The molecule has 0 saturated carbocycles. The maximum atomic E-state index is 14.0. The van der Waals surface area contributed by atoms with Crippen LogP contribution in [0.3, 0.4) is 0 Å². The summed E-state index contributed by atoms with van der Waals surface area (Å²) in [5, 5.41) is 0. The predicted molar refractivity (Wildman–Crippen MR) is 105 cm³/mol. The fourth-order valence-electron chi connectivity index (χ4n) is 4.02. The number of benzene rings is 2. The number of amides is 1. The SMILES string of the molecule is Cc1cc(C2=CC3COCC(C2)N3C(=O)OCc2ccccc2)cc(C)c1F. The van der Waals surface area contributed by atoms with E-state index in [0.717, 1.165) is 16.7 Å². The topological polar surface area (TPSA) is 38.8 Å². The van der Waals surface area contributed by atoms with Gasteiger partial charge < -0.3 is 9.47 Å². The summed E-state index contributed by atoms with van der Waals surface area (Å²) in [6.07, 6.45) is 2.41. The summed E-state index contributed by atoms with van der Waals surface area (Å²) < 4.78 is 25.2. The van der Waals surface area contributed by atoms with E-state index in [1.165, 1.54) is 0 Å². The molecule has 2 aromatic rings. The quantitative estimate of drug-likeness (QED) is 0.778. The average Bonchev–Trinajstić information content (AvgIpc) is 2.69. The fourth-order valence-corrected chi connectivity index (χ4v) is 4.02. The zero-order chi connectivity index (χ0) is 19.7. The van der Waals surface area contributed by atoms with E-state index in [9.17, 15) is 9.18 Å². The second kappa shape index (κ2) is 7.76. The Morgan fingerprint density at radius 3 is 2.57 bits per heavy atom. The highest BCUT2D eigenvalue weighted by molar-refractivity contribution is 5.75. The van der Waals surface area contributed by atoms with Gasteiger partial charge in [-0.25, -0.2) is 9.18 Å². The van der Waals surface area contributed by atoms with Gasteiger partial charge in [-0.1, -0.05) is 36.4 Å². The van der Waals surface area contributed by atoms with Crippen molar-refractivity contribution in [2.75, 3.05) is 13.2 Å². The van der Waals surface area contributed by atoms with Crippen molar-refractivity contribution in [1.29, 1.82) is 0 Å². The molecule has 2 aliphatic rings. The number of carbonyl (C=O) groups excluding carboxylic acids is 1. The molecule has 0 N–H and O–H groups in total. The third-order valence-electron chi connectivity index (χ3n) is 5.42. The summed E-state index contributed by atoms with van der Waals surface area (Å²) in [4.78, 5) is 14.5. The fraction of sp³-hybridized carbons (Fsp3) is 0.348. The van der Waals surface area contributed by atoms with E-state index in [2.05, 4.69) is 6.08 Å². The first-order valence-electron chi connectivity index (χ1n) is 9.57. The third kappa shape index (κ3) is 3.67. The summed E-state index contributed by atoms with van der Waals surface area (Å²) in [6, 6.07) is 13.2. The molecule has 1 saturated heterocycles. The number of fused-ring (bicyclic) bond motifs is 2. The van der Waals surface area contributed by atoms with Gasteiger partial charge in [-0.05, 0) is 60.2 Å². The number of hydrogen-bond donors (Lipinski definition) is 0. The van der Waals surface area contributed by atoms with E-state index in [1.54, 1.807) is 18.7 Å². The van der Waals surface area contributed by atoms with Crippen LogP contribution >= 0.6 is 0 Å². The van der Waals surface area contributed by atoms with Crippen LogP contribution in [0.5, 0.6) is 0 Å². The number of morpholine rings is 1. The van der Waals surface area contributed by atoms with Gasteiger partial charge in [0.05, 0.1) is 25.3 Å². The molecular weight excluding hydrogens is 357 g/mol. The van der Waals surface area contributed by atoms with Crippen LogP contribution in [0, 0.1) is 19.7 Å². The van der Waals surface area contributed by atoms with Gasteiger partial charge in [0.15, 0.2) is 0 Å². The van der Waals surface area contributed by atoms with Crippen LogP contribution in [0.25, 0.3) is 5.57 Å². The van der Waals surface area contributed by atoms with Crippen LogP contribution in [0.15, 0.2) is 48.5 Å². The minimum atomic E-state index is -0.316. The number of halogens is 1. The van der Waals surface area contributed by atoms with Crippen molar-refractivity contribution in [3.63, 3.8) is 0 Å². The van der Waals surface area contributed by atoms with E-state index < -0.39 is 0 Å². The van der Waals surface area contributed by atoms with Crippen molar-refractivity contribution in [1.82, 2.24) is 4.90 Å². The van der Waals surface area contributed by atoms with Gasteiger partial charge in [-0.3, -0.25) is 4.90 Å². The number of carbonyl (C=O) groups is 1. The number of hydrogen-bond acceptors (Lipinski definition) is 3. The summed E-state index contributed by atoms with van der Waals surface area (Å²) >= 11 is 0. The Hall–Kier alpha value is -2.66. The normalized spacial score (nSPS) is 21.2. The van der Waals surface area contributed by atoms with E-state index in [0.29, 0.717) is 30.8 Å². The van der Waals surface area contributed by atoms with Crippen molar-refractivity contribution in [3.8, 4) is 0 Å².